The Morgan fingerprint density at radius 3 is 2.87 bits per heavy atom. The molecule has 2 N–H and O–H groups in total. The van der Waals surface area contributed by atoms with E-state index in [0.717, 1.165) is 0 Å². The molecule has 3 rings (SSSR count). The maximum atomic E-state index is 13.0. The van der Waals surface area contributed by atoms with Gasteiger partial charge in [-0.05, 0) is 23.8 Å². The summed E-state index contributed by atoms with van der Waals surface area (Å²) in [5.41, 5.74) is -0.0981. The number of rotatable bonds is 6. The molecule has 154 valence electrons. The molecular formula is C21H19ClN4O4. The molecule has 0 saturated carbocycles. The van der Waals surface area contributed by atoms with Crippen LogP contribution in [0.4, 0.5) is 0 Å². The molecule has 1 unspecified atom stereocenters. The summed E-state index contributed by atoms with van der Waals surface area (Å²) in [5, 5.41) is 5.20. The van der Waals surface area contributed by atoms with Gasteiger partial charge in [-0.1, -0.05) is 29.5 Å². The largest absolute Gasteiger partial charge is 0.495 e. The zero-order valence-electron chi connectivity index (χ0n) is 16.4. The highest BCUT2D eigenvalue weighted by Crippen LogP contribution is 2.36. The van der Waals surface area contributed by atoms with Gasteiger partial charge in [-0.2, -0.15) is 0 Å². The number of nitrogens with one attached hydrogen (secondary N) is 2. The third kappa shape index (κ3) is 3.93. The molecule has 0 radical (unpaired) electrons. The van der Waals surface area contributed by atoms with Crippen LogP contribution in [0.15, 0.2) is 36.7 Å². The molecule has 9 heteroatoms. The van der Waals surface area contributed by atoms with E-state index in [1.165, 1.54) is 25.3 Å². The number of nitrogens with zero attached hydrogens (tertiary/aromatic N) is 2. The smallest absolute Gasteiger partial charge is 0.260 e. The van der Waals surface area contributed by atoms with Gasteiger partial charge in [0, 0.05) is 31.5 Å². The molecule has 8 nitrogen and oxygen atoms in total. The van der Waals surface area contributed by atoms with Gasteiger partial charge in [0.2, 0.25) is 6.41 Å². The van der Waals surface area contributed by atoms with Gasteiger partial charge >= 0.3 is 0 Å². The minimum atomic E-state index is -1.67. The number of pyridine rings is 1. The first-order chi connectivity index (χ1) is 14.5. The summed E-state index contributed by atoms with van der Waals surface area (Å²) in [7, 11) is 2.89. The number of likely N-dealkylation sites (N-methyl/N-ethyl adjacent to an activating group) is 1. The minimum absolute atomic E-state index is 0.176. The molecule has 2 heterocycles. The second-order valence-corrected chi connectivity index (χ2v) is 6.89. The van der Waals surface area contributed by atoms with Gasteiger partial charge in [-0.3, -0.25) is 19.4 Å². The molecule has 1 aliphatic heterocycles. The SMILES string of the molecule is CNC(=O)C(C#Cc1cccnc1)(CN1Cc2ccc(OC)c(Cl)c2C1=O)NC=O. The van der Waals surface area contributed by atoms with Crippen LogP contribution in [0, 0.1) is 11.8 Å². The lowest BCUT2D eigenvalue weighted by molar-refractivity contribution is -0.128. The predicted molar refractivity (Wildman–Crippen MR) is 110 cm³/mol. The highest BCUT2D eigenvalue weighted by Gasteiger charge is 2.42. The van der Waals surface area contributed by atoms with Gasteiger partial charge in [-0.25, -0.2) is 0 Å². The Bertz CT molecular complexity index is 1050. The van der Waals surface area contributed by atoms with Crippen molar-refractivity contribution in [3.8, 4) is 17.6 Å². The first-order valence-electron chi connectivity index (χ1n) is 8.97. The second-order valence-electron chi connectivity index (χ2n) is 6.52. The summed E-state index contributed by atoms with van der Waals surface area (Å²) < 4.78 is 5.18. The van der Waals surface area contributed by atoms with E-state index < -0.39 is 11.4 Å². The van der Waals surface area contributed by atoms with E-state index in [1.807, 2.05) is 0 Å². The fraction of sp³-hybridized carbons (Fsp3) is 0.238. The van der Waals surface area contributed by atoms with Crippen LogP contribution in [0.2, 0.25) is 5.02 Å². The first-order valence-corrected chi connectivity index (χ1v) is 9.35. The van der Waals surface area contributed by atoms with E-state index in [2.05, 4.69) is 27.5 Å². The van der Waals surface area contributed by atoms with Crippen LogP contribution in [-0.2, 0) is 16.1 Å². The van der Waals surface area contributed by atoms with Crippen molar-refractivity contribution in [1.29, 1.82) is 0 Å². The minimum Gasteiger partial charge on any atom is -0.495 e. The van der Waals surface area contributed by atoms with Crippen molar-refractivity contribution in [2.75, 3.05) is 20.7 Å². The number of hydrogen-bond donors (Lipinski definition) is 2. The maximum Gasteiger partial charge on any atom is 0.260 e. The molecule has 3 amide bonds. The monoisotopic (exact) mass is 426 g/mol. The molecule has 30 heavy (non-hydrogen) atoms. The third-order valence-corrected chi connectivity index (χ3v) is 5.08. The highest BCUT2D eigenvalue weighted by molar-refractivity contribution is 6.35. The fourth-order valence-electron chi connectivity index (χ4n) is 3.21. The third-order valence-electron chi connectivity index (χ3n) is 4.70. The molecule has 0 bridgehead atoms. The van der Waals surface area contributed by atoms with E-state index in [1.54, 1.807) is 30.5 Å². The van der Waals surface area contributed by atoms with E-state index >= 15 is 0 Å². The van der Waals surface area contributed by atoms with E-state index in [4.69, 9.17) is 16.3 Å². The Hall–Kier alpha value is -3.57. The van der Waals surface area contributed by atoms with Crippen molar-refractivity contribution in [2.45, 2.75) is 12.1 Å². The standard InChI is InChI=1S/C21H19ClN4O4/c1-23-20(29)21(25-13-27,8-7-14-4-3-9-24-10-14)12-26-11-15-5-6-16(30-2)18(22)17(15)19(26)28/h3-6,9-10,13H,11-12H2,1-2H3,(H,23,29)(H,25,27). The van der Waals surface area contributed by atoms with E-state index in [-0.39, 0.29) is 24.0 Å². The average molecular weight is 427 g/mol. The van der Waals surface area contributed by atoms with Gasteiger partial charge in [-0.15, -0.1) is 0 Å². The van der Waals surface area contributed by atoms with Gasteiger partial charge in [0.15, 0.2) is 5.54 Å². The van der Waals surface area contributed by atoms with Crippen LogP contribution in [0.1, 0.15) is 21.5 Å². The average Bonchev–Trinajstić information content (AvgIpc) is 3.08. The number of methoxy groups -OCH3 is 1. The van der Waals surface area contributed by atoms with Crippen molar-refractivity contribution in [3.05, 3.63) is 58.4 Å². The summed E-state index contributed by atoms with van der Waals surface area (Å²) >= 11 is 6.32. The topological polar surface area (TPSA) is 101 Å². The quantitative estimate of drug-likeness (QED) is 0.530. The number of aromatic nitrogens is 1. The number of carbonyl (C=O) groups excluding carboxylic acids is 3. The van der Waals surface area contributed by atoms with Crippen molar-refractivity contribution < 1.29 is 19.1 Å². The van der Waals surface area contributed by atoms with Crippen LogP contribution in [-0.4, -0.2) is 54.3 Å². The van der Waals surface area contributed by atoms with Crippen LogP contribution >= 0.6 is 11.6 Å². The Labute approximate surface area is 178 Å². The van der Waals surface area contributed by atoms with Crippen molar-refractivity contribution >= 4 is 29.8 Å². The fourth-order valence-corrected chi connectivity index (χ4v) is 3.55. The molecule has 1 aromatic carbocycles. The number of halogens is 1. The normalized spacial score (nSPS) is 14.1. The Kier molecular flexibility index (Phi) is 6.23. The number of benzene rings is 1. The molecule has 1 aliphatic rings. The summed E-state index contributed by atoms with van der Waals surface area (Å²) in [6, 6.07) is 6.84. The summed E-state index contributed by atoms with van der Waals surface area (Å²) in [6.07, 6.45) is 3.52. The van der Waals surface area contributed by atoms with Crippen LogP contribution in [0.25, 0.3) is 0 Å². The molecular weight excluding hydrogens is 408 g/mol. The number of carbonyl (C=O) groups is 3. The summed E-state index contributed by atoms with van der Waals surface area (Å²) in [6.45, 7) is 0.0383. The van der Waals surface area contributed by atoms with Crippen LogP contribution in [0.5, 0.6) is 5.75 Å². The summed E-state index contributed by atoms with van der Waals surface area (Å²) in [4.78, 5) is 42.5. The van der Waals surface area contributed by atoms with Gasteiger partial charge in [0.1, 0.15) is 5.75 Å². The van der Waals surface area contributed by atoms with Gasteiger partial charge in [0.05, 0.1) is 24.2 Å². The lowest BCUT2D eigenvalue weighted by Gasteiger charge is -2.30. The number of hydrogen-bond acceptors (Lipinski definition) is 5. The predicted octanol–water partition coefficient (Wildman–Crippen LogP) is 0.982. The number of amides is 3. The second kappa shape index (κ2) is 8.84. The Balaban J connectivity index is 1.99. The van der Waals surface area contributed by atoms with E-state index in [0.29, 0.717) is 28.8 Å². The van der Waals surface area contributed by atoms with Crippen LogP contribution < -0.4 is 15.4 Å². The van der Waals surface area contributed by atoms with Gasteiger partial charge < -0.3 is 20.3 Å². The molecule has 0 fully saturated rings. The zero-order chi connectivity index (χ0) is 21.7. The molecule has 0 spiro atoms. The van der Waals surface area contributed by atoms with Gasteiger partial charge in [0.25, 0.3) is 11.8 Å². The Morgan fingerprint density at radius 2 is 2.23 bits per heavy atom. The van der Waals surface area contributed by atoms with Crippen molar-refractivity contribution in [3.63, 3.8) is 0 Å². The number of ether oxygens (including phenoxy) is 1. The summed E-state index contributed by atoms with van der Waals surface area (Å²) in [5.74, 6) is 5.11. The lowest BCUT2D eigenvalue weighted by atomic mass is 9.97. The highest BCUT2D eigenvalue weighted by atomic mass is 35.5. The zero-order valence-corrected chi connectivity index (χ0v) is 17.1. The van der Waals surface area contributed by atoms with Crippen molar-refractivity contribution in [2.24, 2.45) is 0 Å². The van der Waals surface area contributed by atoms with Crippen molar-refractivity contribution in [1.82, 2.24) is 20.5 Å². The molecule has 0 aliphatic carbocycles. The molecule has 0 saturated heterocycles. The lowest BCUT2D eigenvalue weighted by Crippen LogP contribution is -2.61. The molecule has 1 aromatic heterocycles. The van der Waals surface area contributed by atoms with Crippen LogP contribution in [0.3, 0.4) is 0 Å². The number of fused-ring (bicyclic) bond motifs is 1. The first kappa shape index (κ1) is 21.1. The van der Waals surface area contributed by atoms with E-state index in [9.17, 15) is 14.4 Å². The molecule has 2 aromatic rings. The molecule has 1 atom stereocenters. The maximum absolute atomic E-state index is 13.0. The Morgan fingerprint density at radius 1 is 1.43 bits per heavy atom.